The zero-order valence-corrected chi connectivity index (χ0v) is 10.5. The van der Waals surface area contributed by atoms with Gasteiger partial charge in [-0.15, -0.1) is 0 Å². The van der Waals surface area contributed by atoms with Gasteiger partial charge in [-0.05, 0) is 31.4 Å². The van der Waals surface area contributed by atoms with E-state index < -0.39 is 0 Å². The first-order chi connectivity index (χ1) is 8.18. The zero-order chi connectivity index (χ0) is 12.3. The predicted molar refractivity (Wildman–Crippen MR) is 67.7 cm³/mol. The number of nitrogens with zero attached hydrogens (tertiary/aromatic N) is 1. The first-order valence-electron chi connectivity index (χ1n) is 6.61. The van der Waals surface area contributed by atoms with Crippen LogP contribution in [0.1, 0.15) is 62.1 Å². The van der Waals surface area contributed by atoms with Gasteiger partial charge in [0.25, 0.3) is 5.56 Å². The van der Waals surface area contributed by atoms with E-state index in [1.165, 1.54) is 38.2 Å². The Morgan fingerprint density at radius 2 is 1.71 bits per heavy atom. The van der Waals surface area contributed by atoms with Crippen LogP contribution in [0, 0.1) is 6.92 Å². The summed E-state index contributed by atoms with van der Waals surface area (Å²) in [5, 5.41) is 9.84. The molecule has 1 N–H and O–H groups in total. The van der Waals surface area contributed by atoms with Crippen LogP contribution >= 0.6 is 0 Å². The lowest BCUT2D eigenvalue weighted by Gasteiger charge is -2.21. The maximum atomic E-state index is 11.6. The second-order valence-electron chi connectivity index (χ2n) is 5.15. The van der Waals surface area contributed by atoms with Crippen LogP contribution in [0.3, 0.4) is 0 Å². The molecule has 1 fully saturated rings. The SMILES string of the molecule is Cc1cc(C2CCCCCCC2)n(O)c(=O)c1. The van der Waals surface area contributed by atoms with Crippen molar-refractivity contribution in [2.24, 2.45) is 0 Å². The van der Waals surface area contributed by atoms with Crippen LogP contribution in [-0.4, -0.2) is 9.94 Å². The highest BCUT2D eigenvalue weighted by Gasteiger charge is 2.17. The summed E-state index contributed by atoms with van der Waals surface area (Å²) < 4.78 is 0.847. The monoisotopic (exact) mass is 235 g/mol. The number of pyridine rings is 1. The van der Waals surface area contributed by atoms with Crippen molar-refractivity contribution in [1.29, 1.82) is 0 Å². The fraction of sp³-hybridized carbons (Fsp3) is 0.643. The van der Waals surface area contributed by atoms with Gasteiger partial charge in [-0.2, -0.15) is 4.73 Å². The topological polar surface area (TPSA) is 42.2 Å². The highest BCUT2D eigenvalue weighted by atomic mass is 16.5. The van der Waals surface area contributed by atoms with E-state index in [0.29, 0.717) is 5.92 Å². The molecule has 0 saturated heterocycles. The number of hydrogen-bond donors (Lipinski definition) is 1. The fourth-order valence-electron chi connectivity index (χ4n) is 2.76. The second kappa shape index (κ2) is 5.39. The second-order valence-corrected chi connectivity index (χ2v) is 5.15. The normalized spacial score (nSPS) is 18.6. The lowest BCUT2D eigenvalue weighted by molar-refractivity contribution is 0.157. The van der Waals surface area contributed by atoms with Gasteiger partial charge in [-0.3, -0.25) is 4.79 Å². The van der Waals surface area contributed by atoms with Crippen LogP contribution in [0.15, 0.2) is 16.9 Å². The smallest absolute Gasteiger partial charge is 0.283 e. The molecular weight excluding hydrogens is 214 g/mol. The van der Waals surface area contributed by atoms with Crippen LogP contribution in [0.2, 0.25) is 0 Å². The molecular formula is C14H21NO2. The van der Waals surface area contributed by atoms with E-state index in [0.717, 1.165) is 28.8 Å². The summed E-state index contributed by atoms with van der Waals surface area (Å²) in [4.78, 5) is 11.6. The van der Waals surface area contributed by atoms with Crippen LogP contribution in [0.25, 0.3) is 0 Å². The molecule has 2 rings (SSSR count). The Morgan fingerprint density at radius 1 is 1.12 bits per heavy atom. The van der Waals surface area contributed by atoms with Gasteiger partial charge in [-0.1, -0.05) is 32.1 Å². The molecule has 17 heavy (non-hydrogen) atoms. The minimum atomic E-state index is -0.304. The van der Waals surface area contributed by atoms with Crippen molar-refractivity contribution in [2.45, 2.75) is 57.8 Å². The van der Waals surface area contributed by atoms with Gasteiger partial charge in [0, 0.05) is 12.0 Å². The number of aryl methyl sites for hydroxylation is 1. The minimum Gasteiger partial charge on any atom is -0.425 e. The van der Waals surface area contributed by atoms with Crippen molar-refractivity contribution >= 4 is 0 Å². The third-order valence-corrected chi connectivity index (χ3v) is 3.70. The molecule has 1 saturated carbocycles. The predicted octanol–water partition coefficient (Wildman–Crippen LogP) is 3.22. The molecule has 1 aromatic rings. The highest BCUT2D eigenvalue weighted by Crippen LogP contribution is 2.30. The van der Waals surface area contributed by atoms with Crippen molar-refractivity contribution < 1.29 is 5.21 Å². The van der Waals surface area contributed by atoms with Gasteiger partial charge in [0.15, 0.2) is 0 Å². The molecule has 0 spiro atoms. The Balaban J connectivity index is 2.27. The van der Waals surface area contributed by atoms with E-state index in [1.54, 1.807) is 0 Å². The molecule has 1 heterocycles. The van der Waals surface area contributed by atoms with Gasteiger partial charge in [0.05, 0.1) is 5.69 Å². The Bertz CT molecular complexity index is 428. The van der Waals surface area contributed by atoms with Crippen molar-refractivity contribution in [3.05, 3.63) is 33.7 Å². The van der Waals surface area contributed by atoms with E-state index in [2.05, 4.69) is 0 Å². The molecule has 1 aliphatic carbocycles. The lowest BCUT2D eigenvalue weighted by Crippen LogP contribution is -2.23. The van der Waals surface area contributed by atoms with Gasteiger partial charge in [0.2, 0.25) is 0 Å². The molecule has 0 amide bonds. The number of hydrogen-bond acceptors (Lipinski definition) is 2. The molecule has 0 aromatic carbocycles. The highest BCUT2D eigenvalue weighted by molar-refractivity contribution is 5.18. The molecule has 0 atom stereocenters. The third-order valence-electron chi connectivity index (χ3n) is 3.70. The average Bonchev–Trinajstić information content (AvgIpc) is 2.23. The summed E-state index contributed by atoms with van der Waals surface area (Å²) in [7, 11) is 0. The largest absolute Gasteiger partial charge is 0.425 e. The van der Waals surface area contributed by atoms with Gasteiger partial charge in [0.1, 0.15) is 0 Å². The van der Waals surface area contributed by atoms with Gasteiger partial charge >= 0.3 is 0 Å². The van der Waals surface area contributed by atoms with Crippen molar-refractivity contribution in [3.8, 4) is 0 Å². The maximum Gasteiger partial charge on any atom is 0.283 e. The zero-order valence-electron chi connectivity index (χ0n) is 10.5. The Morgan fingerprint density at radius 3 is 2.35 bits per heavy atom. The van der Waals surface area contributed by atoms with E-state index in [-0.39, 0.29) is 5.56 Å². The molecule has 0 aliphatic heterocycles. The summed E-state index contributed by atoms with van der Waals surface area (Å²) >= 11 is 0. The summed E-state index contributed by atoms with van der Waals surface area (Å²) in [5.74, 6) is 0.341. The quantitative estimate of drug-likeness (QED) is 0.759. The molecule has 3 heteroatoms. The van der Waals surface area contributed by atoms with E-state index >= 15 is 0 Å². The van der Waals surface area contributed by atoms with E-state index in [4.69, 9.17) is 0 Å². The van der Waals surface area contributed by atoms with Crippen molar-refractivity contribution in [2.75, 3.05) is 0 Å². The summed E-state index contributed by atoms with van der Waals surface area (Å²) in [6.45, 7) is 1.91. The molecule has 94 valence electrons. The fourth-order valence-corrected chi connectivity index (χ4v) is 2.76. The van der Waals surface area contributed by atoms with Gasteiger partial charge < -0.3 is 5.21 Å². The van der Waals surface area contributed by atoms with Gasteiger partial charge in [-0.25, -0.2) is 0 Å². The molecule has 1 aliphatic rings. The molecule has 0 bridgehead atoms. The minimum absolute atomic E-state index is 0.304. The van der Waals surface area contributed by atoms with Crippen LogP contribution in [0.4, 0.5) is 0 Å². The molecule has 3 nitrogen and oxygen atoms in total. The molecule has 0 radical (unpaired) electrons. The first-order valence-corrected chi connectivity index (χ1v) is 6.61. The third kappa shape index (κ3) is 2.90. The summed E-state index contributed by atoms with van der Waals surface area (Å²) in [6, 6.07) is 3.43. The van der Waals surface area contributed by atoms with Crippen LogP contribution in [0.5, 0.6) is 0 Å². The molecule has 0 unspecified atom stereocenters. The van der Waals surface area contributed by atoms with Crippen molar-refractivity contribution in [1.82, 2.24) is 4.73 Å². The summed E-state index contributed by atoms with van der Waals surface area (Å²) in [5.41, 5.74) is 1.44. The Hall–Kier alpha value is -1.25. The van der Waals surface area contributed by atoms with E-state index in [1.807, 2.05) is 13.0 Å². The van der Waals surface area contributed by atoms with Crippen LogP contribution in [-0.2, 0) is 0 Å². The number of rotatable bonds is 1. The lowest BCUT2D eigenvalue weighted by atomic mass is 9.88. The standard InChI is InChI=1S/C14H21NO2/c1-11-9-13(15(17)14(16)10-11)12-7-5-3-2-4-6-8-12/h9-10,12,17H,2-8H2,1H3. The maximum absolute atomic E-state index is 11.6. The first kappa shape index (κ1) is 12.2. The Kier molecular flexibility index (Phi) is 3.87. The summed E-state index contributed by atoms with van der Waals surface area (Å²) in [6.07, 6.45) is 8.45. The average molecular weight is 235 g/mol. The van der Waals surface area contributed by atoms with E-state index in [9.17, 15) is 10.0 Å². The van der Waals surface area contributed by atoms with Crippen molar-refractivity contribution in [3.63, 3.8) is 0 Å². The molecule has 1 aromatic heterocycles. The Labute approximate surface area is 102 Å². The number of aromatic nitrogens is 1. The van der Waals surface area contributed by atoms with Crippen LogP contribution < -0.4 is 5.56 Å².